The Morgan fingerprint density at radius 3 is 2.43 bits per heavy atom. The SMILES string of the molecule is CCOC(=O)c1c(C)c(C(=O)N2CCOCC2)c(C)n1C. The first kappa shape index (κ1) is 15.6. The van der Waals surface area contributed by atoms with Crippen molar-refractivity contribution in [1.82, 2.24) is 9.47 Å². The van der Waals surface area contributed by atoms with E-state index in [1.807, 2.05) is 6.92 Å². The molecule has 1 aromatic rings. The van der Waals surface area contributed by atoms with E-state index in [0.29, 0.717) is 49.7 Å². The summed E-state index contributed by atoms with van der Waals surface area (Å²) < 4.78 is 12.1. The molecule has 0 N–H and O–H groups in total. The van der Waals surface area contributed by atoms with Crippen LogP contribution in [-0.2, 0) is 16.5 Å². The molecule has 0 aromatic carbocycles. The van der Waals surface area contributed by atoms with E-state index in [-0.39, 0.29) is 11.9 Å². The summed E-state index contributed by atoms with van der Waals surface area (Å²) in [6.07, 6.45) is 0. The summed E-state index contributed by atoms with van der Waals surface area (Å²) in [5.41, 5.74) is 2.52. The van der Waals surface area contributed by atoms with Gasteiger partial charge in [0.05, 0.1) is 25.4 Å². The van der Waals surface area contributed by atoms with E-state index in [2.05, 4.69) is 0 Å². The number of hydrogen-bond donors (Lipinski definition) is 0. The van der Waals surface area contributed by atoms with Crippen molar-refractivity contribution in [3.05, 3.63) is 22.5 Å². The summed E-state index contributed by atoms with van der Waals surface area (Å²) in [5, 5.41) is 0. The first-order valence-corrected chi connectivity index (χ1v) is 7.19. The fourth-order valence-electron chi connectivity index (χ4n) is 2.71. The van der Waals surface area contributed by atoms with Crippen LogP contribution in [0.15, 0.2) is 0 Å². The summed E-state index contributed by atoms with van der Waals surface area (Å²) in [6, 6.07) is 0. The maximum absolute atomic E-state index is 12.7. The molecule has 2 rings (SSSR count). The minimum absolute atomic E-state index is 0.0422. The predicted molar refractivity (Wildman–Crippen MR) is 77.6 cm³/mol. The van der Waals surface area contributed by atoms with Gasteiger partial charge in [0.15, 0.2) is 0 Å². The van der Waals surface area contributed by atoms with Crippen LogP contribution in [0.5, 0.6) is 0 Å². The Hall–Kier alpha value is -1.82. The van der Waals surface area contributed by atoms with Crippen molar-refractivity contribution in [2.45, 2.75) is 20.8 Å². The monoisotopic (exact) mass is 294 g/mol. The second-order valence-electron chi connectivity index (χ2n) is 5.12. The Labute approximate surface area is 124 Å². The van der Waals surface area contributed by atoms with E-state index in [4.69, 9.17) is 9.47 Å². The molecule has 1 aliphatic rings. The van der Waals surface area contributed by atoms with E-state index < -0.39 is 0 Å². The largest absolute Gasteiger partial charge is 0.461 e. The normalized spacial score (nSPS) is 15.1. The lowest BCUT2D eigenvalue weighted by Crippen LogP contribution is -2.41. The third kappa shape index (κ3) is 2.81. The molecular formula is C15H22N2O4. The van der Waals surface area contributed by atoms with Crippen molar-refractivity contribution in [2.75, 3.05) is 32.9 Å². The zero-order chi connectivity index (χ0) is 15.6. The number of nitrogens with zero attached hydrogens (tertiary/aromatic N) is 2. The molecule has 1 amide bonds. The van der Waals surface area contributed by atoms with Gasteiger partial charge in [0.25, 0.3) is 5.91 Å². The Kier molecular flexibility index (Phi) is 4.67. The highest BCUT2D eigenvalue weighted by Crippen LogP contribution is 2.24. The van der Waals surface area contributed by atoms with Crippen molar-refractivity contribution in [3.8, 4) is 0 Å². The average Bonchev–Trinajstić information content (AvgIpc) is 2.70. The highest BCUT2D eigenvalue weighted by atomic mass is 16.5. The molecule has 6 heteroatoms. The van der Waals surface area contributed by atoms with Gasteiger partial charge in [-0.3, -0.25) is 4.79 Å². The number of aromatic nitrogens is 1. The number of carbonyl (C=O) groups excluding carboxylic acids is 2. The molecule has 0 aliphatic carbocycles. The van der Waals surface area contributed by atoms with E-state index in [1.165, 1.54) is 0 Å². The number of amides is 1. The van der Waals surface area contributed by atoms with Gasteiger partial charge >= 0.3 is 5.97 Å². The molecule has 1 aromatic heterocycles. The molecule has 6 nitrogen and oxygen atoms in total. The van der Waals surface area contributed by atoms with E-state index in [0.717, 1.165) is 5.69 Å². The summed E-state index contributed by atoms with van der Waals surface area (Å²) >= 11 is 0. The molecule has 0 unspecified atom stereocenters. The van der Waals surface area contributed by atoms with Crippen LogP contribution in [0, 0.1) is 13.8 Å². The lowest BCUT2D eigenvalue weighted by Gasteiger charge is -2.27. The van der Waals surface area contributed by atoms with Crippen molar-refractivity contribution in [3.63, 3.8) is 0 Å². The number of hydrogen-bond acceptors (Lipinski definition) is 4. The fraction of sp³-hybridized carbons (Fsp3) is 0.600. The van der Waals surface area contributed by atoms with Crippen molar-refractivity contribution >= 4 is 11.9 Å². The molecule has 0 radical (unpaired) electrons. The highest BCUT2D eigenvalue weighted by Gasteiger charge is 2.28. The van der Waals surface area contributed by atoms with E-state index in [9.17, 15) is 9.59 Å². The lowest BCUT2D eigenvalue weighted by molar-refractivity contribution is 0.0302. The minimum Gasteiger partial charge on any atom is -0.461 e. The van der Waals surface area contributed by atoms with Gasteiger partial charge < -0.3 is 18.9 Å². The molecule has 21 heavy (non-hydrogen) atoms. The number of ether oxygens (including phenoxy) is 2. The van der Waals surface area contributed by atoms with Crippen LogP contribution in [0.25, 0.3) is 0 Å². The van der Waals surface area contributed by atoms with E-state index in [1.54, 1.807) is 30.4 Å². The summed E-state index contributed by atoms with van der Waals surface area (Å²) in [6.45, 7) is 8.01. The molecule has 1 aliphatic heterocycles. The van der Waals surface area contributed by atoms with E-state index >= 15 is 0 Å². The molecule has 0 atom stereocenters. The number of rotatable bonds is 3. The summed E-state index contributed by atoms with van der Waals surface area (Å²) in [5.74, 6) is -0.430. The quantitative estimate of drug-likeness (QED) is 0.788. The third-order valence-corrected chi connectivity index (χ3v) is 3.91. The van der Waals surface area contributed by atoms with Crippen LogP contribution in [-0.4, -0.2) is 54.3 Å². The average molecular weight is 294 g/mol. The Bertz CT molecular complexity index is 557. The highest BCUT2D eigenvalue weighted by molar-refractivity contribution is 6.01. The topological polar surface area (TPSA) is 60.8 Å². The number of esters is 1. The maximum atomic E-state index is 12.7. The van der Waals surface area contributed by atoms with Gasteiger partial charge in [0.2, 0.25) is 0 Å². The second-order valence-corrected chi connectivity index (χ2v) is 5.12. The summed E-state index contributed by atoms with van der Waals surface area (Å²) in [4.78, 5) is 26.5. The van der Waals surface area contributed by atoms with Crippen LogP contribution in [0.4, 0.5) is 0 Å². The minimum atomic E-state index is -0.387. The fourth-order valence-corrected chi connectivity index (χ4v) is 2.71. The van der Waals surface area contributed by atoms with Gasteiger partial charge in [-0.15, -0.1) is 0 Å². The summed E-state index contributed by atoms with van der Waals surface area (Å²) in [7, 11) is 1.78. The van der Waals surface area contributed by atoms with Crippen LogP contribution in [0.1, 0.15) is 39.0 Å². The first-order valence-electron chi connectivity index (χ1n) is 7.19. The van der Waals surface area contributed by atoms with Crippen LogP contribution in [0.3, 0.4) is 0 Å². The second kappa shape index (κ2) is 6.30. The zero-order valence-electron chi connectivity index (χ0n) is 13.1. The predicted octanol–water partition coefficient (Wildman–Crippen LogP) is 1.29. The lowest BCUT2D eigenvalue weighted by atomic mass is 10.1. The van der Waals surface area contributed by atoms with Gasteiger partial charge in [0, 0.05) is 25.8 Å². The molecule has 2 heterocycles. The van der Waals surface area contributed by atoms with Crippen LogP contribution >= 0.6 is 0 Å². The molecule has 1 fully saturated rings. The van der Waals surface area contributed by atoms with Gasteiger partial charge in [0.1, 0.15) is 5.69 Å². The van der Waals surface area contributed by atoms with Crippen molar-refractivity contribution < 1.29 is 19.1 Å². The van der Waals surface area contributed by atoms with Crippen molar-refractivity contribution in [2.24, 2.45) is 7.05 Å². The van der Waals surface area contributed by atoms with Gasteiger partial charge in [-0.25, -0.2) is 4.79 Å². The van der Waals surface area contributed by atoms with Crippen LogP contribution in [0.2, 0.25) is 0 Å². The van der Waals surface area contributed by atoms with Crippen molar-refractivity contribution in [1.29, 1.82) is 0 Å². The molecule has 1 saturated heterocycles. The van der Waals surface area contributed by atoms with Gasteiger partial charge in [-0.1, -0.05) is 0 Å². The zero-order valence-corrected chi connectivity index (χ0v) is 13.1. The molecule has 0 spiro atoms. The third-order valence-electron chi connectivity index (χ3n) is 3.91. The molecule has 116 valence electrons. The molecular weight excluding hydrogens is 272 g/mol. The first-order chi connectivity index (χ1) is 9.99. The standard InChI is InChI=1S/C15H22N2O4/c1-5-21-15(19)13-10(2)12(11(3)16(13)4)14(18)17-6-8-20-9-7-17/h5-9H2,1-4H3. The van der Waals surface area contributed by atoms with Crippen LogP contribution < -0.4 is 0 Å². The number of morpholine rings is 1. The molecule has 0 bridgehead atoms. The maximum Gasteiger partial charge on any atom is 0.355 e. The Morgan fingerprint density at radius 2 is 1.86 bits per heavy atom. The Morgan fingerprint density at radius 1 is 1.24 bits per heavy atom. The number of carbonyl (C=O) groups is 2. The Balaban J connectivity index is 2.38. The van der Waals surface area contributed by atoms with Gasteiger partial charge in [-0.05, 0) is 26.3 Å². The van der Waals surface area contributed by atoms with Gasteiger partial charge in [-0.2, -0.15) is 0 Å². The molecule has 0 saturated carbocycles. The smallest absolute Gasteiger partial charge is 0.355 e.